The van der Waals surface area contributed by atoms with Gasteiger partial charge in [0, 0.05) is 26.2 Å². The molecule has 6 nitrogen and oxygen atoms in total. The molecular formula is C15H21ClN2O4S2. The summed E-state index contributed by atoms with van der Waals surface area (Å²) in [4.78, 5) is 0.0683. The first kappa shape index (κ1) is 18.1. The zero-order chi connectivity index (χ0) is 17.4. The average Bonchev–Trinajstić information content (AvgIpc) is 3.10. The Morgan fingerprint density at radius 1 is 0.875 bits per heavy atom. The van der Waals surface area contributed by atoms with E-state index in [0.29, 0.717) is 12.8 Å². The third-order valence-corrected chi connectivity index (χ3v) is 9.53. The number of hydrogen-bond donors (Lipinski definition) is 0. The Kier molecular flexibility index (Phi) is 5.22. The molecule has 0 unspecified atom stereocenters. The van der Waals surface area contributed by atoms with E-state index in [1.54, 1.807) is 12.1 Å². The van der Waals surface area contributed by atoms with E-state index in [4.69, 9.17) is 11.6 Å². The molecule has 0 spiro atoms. The standard InChI is InChI=1S/C15H21ClN2O4S2/c16-14-7-3-4-8-15(14)24(21,22)18-11-9-17(10-12-18)23(19,20)13-5-1-2-6-13/h3-4,7-8,13H,1-2,5-6,9-12H2. The topological polar surface area (TPSA) is 74.8 Å². The van der Waals surface area contributed by atoms with E-state index in [-0.39, 0.29) is 41.3 Å². The van der Waals surface area contributed by atoms with Crippen molar-refractivity contribution in [3.8, 4) is 0 Å². The number of rotatable bonds is 4. The minimum atomic E-state index is -3.70. The summed E-state index contributed by atoms with van der Waals surface area (Å²) in [6.45, 7) is 0.698. The highest BCUT2D eigenvalue weighted by atomic mass is 35.5. The van der Waals surface area contributed by atoms with Gasteiger partial charge in [-0.3, -0.25) is 0 Å². The number of sulfonamides is 2. The highest BCUT2D eigenvalue weighted by molar-refractivity contribution is 7.90. The van der Waals surface area contributed by atoms with Gasteiger partial charge >= 0.3 is 0 Å². The van der Waals surface area contributed by atoms with E-state index in [9.17, 15) is 16.8 Å². The lowest BCUT2D eigenvalue weighted by molar-refractivity contribution is 0.270. The van der Waals surface area contributed by atoms with Crippen molar-refractivity contribution in [2.45, 2.75) is 35.8 Å². The molecule has 0 atom stereocenters. The van der Waals surface area contributed by atoms with Crippen LogP contribution in [0.25, 0.3) is 0 Å². The summed E-state index contributed by atoms with van der Waals surface area (Å²) < 4.78 is 53.4. The predicted molar refractivity (Wildman–Crippen MR) is 93.0 cm³/mol. The van der Waals surface area contributed by atoms with Crippen LogP contribution in [0.2, 0.25) is 5.02 Å². The predicted octanol–water partition coefficient (Wildman–Crippen LogP) is 1.92. The average molecular weight is 393 g/mol. The maximum Gasteiger partial charge on any atom is 0.244 e. The van der Waals surface area contributed by atoms with Gasteiger partial charge in [0.1, 0.15) is 4.90 Å². The van der Waals surface area contributed by atoms with Gasteiger partial charge in [-0.1, -0.05) is 36.6 Å². The Labute approximate surface area is 148 Å². The summed E-state index contributed by atoms with van der Waals surface area (Å²) in [6, 6.07) is 6.31. The maximum atomic E-state index is 12.7. The maximum absolute atomic E-state index is 12.7. The lowest BCUT2D eigenvalue weighted by Gasteiger charge is -2.34. The number of benzene rings is 1. The van der Waals surface area contributed by atoms with Gasteiger partial charge in [-0.2, -0.15) is 8.61 Å². The van der Waals surface area contributed by atoms with E-state index in [2.05, 4.69) is 0 Å². The van der Waals surface area contributed by atoms with Crippen LogP contribution in [-0.2, 0) is 20.0 Å². The normalized spacial score (nSPS) is 22.0. The van der Waals surface area contributed by atoms with Crippen LogP contribution in [0.15, 0.2) is 29.2 Å². The fourth-order valence-electron chi connectivity index (χ4n) is 3.35. The van der Waals surface area contributed by atoms with Crippen LogP contribution in [-0.4, -0.2) is 56.9 Å². The van der Waals surface area contributed by atoms with Crippen LogP contribution in [0.3, 0.4) is 0 Å². The zero-order valence-corrected chi connectivity index (χ0v) is 15.7. The number of piperazine rings is 1. The fraction of sp³-hybridized carbons (Fsp3) is 0.600. The van der Waals surface area contributed by atoms with Gasteiger partial charge in [0.15, 0.2) is 0 Å². The smallest absolute Gasteiger partial charge is 0.212 e. The van der Waals surface area contributed by atoms with Crippen molar-refractivity contribution in [2.24, 2.45) is 0 Å². The van der Waals surface area contributed by atoms with Crippen LogP contribution in [0.4, 0.5) is 0 Å². The van der Waals surface area contributed by atoms with Gasteiger partial charge in [-0.15, -0.1) is 0 Å². The lowest BCUT2D eigenvalue weighted by atomic mass is 10.4. The molecular weight excluding hydrogens is 372 g/mol. The molecule has 1 aliphatic heterocycles. The molecule has 1 aromatic rings. The molecule has 1 aromatic carbocycles. The van der Waals surface area contributed by atoms with Gasteiger partial charge < -0.3 is 0 Å². The van der Waals surface area contributed by atoms with Gasteiger partial charge in [0.25, 0.3) is 0 Å². The van der Waals surface area contributed by atoms with Crippen LogP contribution >= 0.6 is 11.6 Å². The summed E-state index contributed by atoms with van der Waals surface area (Å²) in [5.41, 5.74) is 0. The van der Waals surface area contributed by atoms with Gasteiger partial charge in [-0.25, -0.2) is 16.8 Å². The Bertz CT molecular complexity index is 797. The Hall–Kier alpha value is -0.670. The molecule has 0 amide bonds. The summed E-state index contributed by atoms with van der Waals surface area (Å²) in [5, 5.41) is -0.122. The molecule has 0 bridgehead atoms. The first-order chi connectivity index (χ1) is 11.3. The van der Waals surface area contributed by atoms with Crippen LogP contribution in [0.5, 0.6) is 0 Å². The first-order valence-corrected chi connectivity index (χ1v) is 11.4. The van der Waals surface area contributed by atoms with Gasteiger partial charge in [0.2, 0.25) is 20.0 Å². The third-order valence-electron chi connectivity index (χ3n) is 4.74. The van der Waals surface area contributed by atoms with Crippen molar-refractivity contribution in [1.82, 2.24) is 8.61 Å². The Morgan fingerprint density at radius 3 is 2.00 bits per heavy atom. The van der Waals surface area contributed by atoms with Crippen LogP contribution in [0.1, 0.15) is 25.7 Å². The Morgan fingerprint density at radius 2 is 1.42 bits per heavy atom. The van der Waals surface area contributed by atoms with Crippen molar-refractivity contribution in [2.75, 3.05) is 26.2 Å². The minimum Gasteiger partial charge on any atom is -0.212 e. The molecule has 0 aromatic heterocycles. The van der Waals surface area contributed by atoms with E-state index >= 15 is 0 Å². The molecule has 1 heterocycles. The second kappa shape index (κ2) is 6.92. The minimum absolute atomic E-state index is 0.0683. The highest BCUT2D eigenvalue weighted by Gasteiger charge is 2.38. The number of hydrogen-bond acceptors (Lipinski definition) is 4. The van der Waals surface area contributed by atoms with E-state index in [0.717, 1.165) is 12.8 Å². The van der Waals surface area contributed by atoms with Crippen LogP contribution in [0, 0.1) is 0 Å². The largest absolute Gasteiger partial charge is 0.244 e. The van der Waals surface area contributed by atoms with E-state index in [1.807, 2.05) is 0 Å². The molecule has 24 heavy (non-hydrogen) atoms. The monoisotopic (exact) mass is 392 g/mol. The van der Waals surface area contributed by atoms with Gasteiger partial charge in [-0.05, 0) is 25.0 Å². The molecule has 9 heteroatoms. The third kappa shape index (κ3) is 3.35. The SMILES string of the molecule is O=S(=O)(c1ccccc1Cl)N1CCN(S(=O)(=O)C2CCCC2)CC1. The zero-order valence-electron chi connectivity index (χ0n) is 13.3. The van der Waals surface area contributed by atoms with Crippen molar-refractivity contribution in [1.29, 1.82) is 0 Å². The molecule has 1 saturated carbocycles. The van der Waals surface area contributed by atoms with Crippen molar-refractivity contribution >= 4 is 31.6 Å². The molecule has 3 rings (SSSR count). The molecule has 0 N–H and O–H groups in total. The molecule has 1 aliphatic carbocycles. The molecule has 2 aliphatic rings. The Balaban J connectivity index is 1.72. The molecule has 0 radical (unpaired) electrons. The summed E-state index contributed by atoms with van der Waals surface area (Å²) in [5.74, 6) is 0. The quantitative estimate of drug-likeness (QED) is 0.784. The molecule has 2 fully saturated rings. The second-order valence-corrected chi connectivity index (χ2v) is 10.7. The summed E-state index contributed by atoms with van der Waals surface area (Å²) in [7, 11) is -7.02. The summed E-state index contributed by atoms with van der Waals surface area (Å²) >= 11 is 6.00. The lowest BCUT2D eigenvalue weighted by Crippen LogP contribution is -2.52. The second-order valence-electron chi connectivity index (χ2n) is 6.18. The highest BCUT2D eigenvalue weighted by Crippen LogP contribution is 2.29. The first-order valence-electron chi connectivity index (χ1n) is 8.07. The van der Waals surface area contributed by atoms with E-state index in [1.165, 1.54) is 20.7 Å². The number of halogens is 1. The fourth-order valence-corrected chi connectivity index (χ4v) is 7.29. The van der Waals surface area contributed by atoms with Crippen molar-refractivity contribution < 1.29 is 16.8 Å². The summed E-state index contributed by atoms with van der Waals surface area (Å²) in [6.07, 6.45) is 3.32. The molecule has 1 saturated heterocycles. The van der Waals surface area contributed by atoms with E-state index < -0.39 is 20.0 Å². The number of nitrogens with zero attached hydrogens (tertiary/aromatic N) is 2. The van der Waals surface area contributed by atoms with Gasteiger partial charge in [0.05, 0.1) is 10.3 Å². The molecule has 134 valence electrons. The van der Waals surface area contributed by atoms with Crippen LogP contribution < -0.4 is 0 Å². The van der Waals surface area contributed by atoms with Crippen molar-refractivity contribution in [3.05, 3.63) is 29.3 Å². The van der Waals surface area contributed by atoms with Crippen molar-refractivity contribution in [3.63, 3.8) is 0 Å².